The zero-order chi connectivity index (χ0) is 15.6. The van der Waals surface area contributed by atoms with Crippen molar-refractivity contribution in [1.82, 2.24) is 20.3 Å². The minimum atomic E-state index is -0.192. The lowest BCUT2D eigenvalue weighted by molar-refractivity contribution is 0.421. The molecule has 0 fully saturated rings. The molecule has 2 rings (SSSR count). The van der Waals surface area contributed by atoms with E-state index in [1.54, 1.807) is 6.20 Å². The predicted octanol–water partition coefficient (Wildman–Crippen LogP) is 3.25. The van der Waals surface area contributed by atoms with Crippen molar-refractivity contribution in [3.05, 3.63) is 43.3 Å². The largest absolute Gasteiger partial charge is 0.306 e. The summed E-state index contributed by atoms with van der Waals surface area (Å²) >= 11 is 6.78. The third-order valence-corrected chi connectivity index (χ3v) is 3.66. The van der Waals surface area contributed by atoms with Crippen LogP contribution in [0.25, 0.3) is 11.5 Å². The summed E-state index contributed by atoms with van der Waals surface area (Å²) in [6, 6.07) is 3.36. The number of hydrogen-bond acceptors (Lipinski definition) is 4. The summed E-state index contributed by atoms with van der Waals surface area (Å²) in [5.74, 6) is 0.451. The second-order valence-corrected chi connectivity index (χ2v) is 7.44. The Bertz CT molecular complexity index is 707. The van der Waals surface area contributed by atoms with Gasteiger partial charge in [0.2, 0.25) is 0 Å². The molecular formula is C14H16Br2N4O. The molecule has 0 aliphatic carbocycles. The highest BCUT2D eigenvalue weighted by Gasteiger charge is 2.12. The number of aromatic nitrogens is 3. The highest BCUT2D eigenvalue weighted by molar-refractivity contribution is 9.11. The first-order chi connectivity index (χ1) is 9.74. The first kappa shape index (κ1) is 16.3. The van der Waals surface area contributed by atoms with Crippen LogP contribution >= 0.6 is 31.9 Å². The Morgan fingerprint density at radius 1 is 1.29 bits per heavy atom. The number of nitrogens with zero attached hydrogens (tertiary/aromatic N) is 2. The minimum absolute atomic E-state index is 0.0408. The first-order valence-corrected chi connectivity index (χ1v) is 8.00. The van der Waals surface area contributed by atoms with Crippen LogP contribution in [-0.4, -0.2) is 20.5 Å². The molecule has 5 nitrogen and oxygen atoms in total. The molecule has 21 heavy (non-hydrogen) atoms. The highest BCUT2D eigenvalue weighted by atomic mass is 79.9. The van der Waals surface area contributed by atoms with Gasteiger partial charge in [-0.05, 0) is 58.7 Å². The van der Waals surface area contributed by atoms with Crippen molar-refractivity contribution in [1.29, 1.82) is 0 Å². The Hall–Kier alpha value is -1.05. The number of halogens is 2. The van der Waals surface area contributed by atoms with E-state index < -0.39 is 0 Å². The molecule has 2 N–H and O–H groups in total. The van der Waals surface area contributed by atoms with Gasteiger partial charge in [-0.15, -0.1) is 0 Å². The van der Waals surface area contributed by atoms with Crippen molar-refractivity contribution >= 4 is 31.9 Å². The van der Waals surface area contributed by atoms with Crippen molar-refractivity contribution in [2.75, 3.05) is 0 Å². The smallest absolute Gasteiger partial charge is 0.251 e. The molecule has 0 radical (unpaired) electrons. The molecule has 0 saturated heterocycles. The van der Waals surface area contributed by atoms with E-state index in [9.17, 15) is 4.79 Å². The molecule has 0 aromatic carbocycles. The number of hydrogen-bond donors (Lipinski definition) is 2. The van der Waals surface area contributed by atoms with E-state index in [0.29, 0.717) is 23.8 Å². The lowest BCUT2D eigenvalue weighted by Gasteiger charge is -2.20. The number of H-pyrrole nitrogens is 1. The zero-order valence-electron chi connectivity index (χ0n) is 12.0. The number of rotatable bonds is 3. The first-order valence-electron chi connectivity index (χ1n) is 6.41. The SMILES string of the molecule is CC(C)(C)NCc1cc(=O)[nH]c(-c2ncc(Br)cc2Br)n1. The maximum absolute atomic E-state index is 11.8. The van der Waals surface area contributed by atoms with Crippen molar-refractivity contribution < 1.29 is 0 Å². The number of pyridine rings is 1. The normalized spacial score (nSPS) is 11.7. The van der Waals surface area contributed by atoms with Crippen LogP contribution in [-0.2, 0) is 6.54 Å². The van der Waals surface area contributed by atoms with Crippen molar-refractivity contribution in [3.63, 3.8) is 0 Å². The fraction of sp³-hybridized carbons (Fsp3) is 0.357. The van der Waals surface area contributed by atoms with Crippen LogP contribution in [0, 0.1) is 0 Å². The fourth-order valence-electron chi connectivity index (χ4n) is 1.66. The maximum atomic E-state index is 11.8. The van der Waals surface area contributed by atoms with Crippen molar-refractivity contribution in [2.24, 2.45) is 0 Å². The van der Waals surface area contributed by atoms with Gasteiger partial charge in [0.05, 0.1) is 5.69 Å². The summed E-state index contributed by atoms with van der Waals surface area (Å²) in [5, 5.41) is 3.31. The molecular weight excluding hydrogens is 400 g/mol. The third-order valence-electron chi connectivity index (χ3n) is 2.63. The molecule has 0 amide bonds. The lowest BCUT2D eigenvalue weighted by atomic mass is 10.1. The zero-order valence-corrected chi connectivity index (χ0v) is 15.2. The van der Waals surface area contributed by atoms with Crippen molar-refractivity contribution in [2.45, 2.75) is 32.9 Å². The predicted molar refractivity (Wildman–Crippen MR) is 90.1 cm³/mol. The summed E-state index contributed by atoms with van der Waals surface area (Å²) in [5.41, 5.74) is 1.05. The number of nitrogens with one attached hydrogen (secondary N) is 2. The Labute approximate surface area is 139 Å². The lowest BCUT2D eigenvalue weighted by Crippen LogP contribution is -2.35. The van der Waals surface area contributed by atoms with Crippen LogP contribution in [0.3, 0.4) is 0 Å². The van der Waals surface area contributed by atoms with Crippen LogP contribution in [0.2, 0.25) is 0 Å². The molecule has 112 valence electrons. The molecule has 0 aliphatic rings. The van der Waals surface area contributed by atoms with Crippen LogP contribution in [0.15, 0.2) is 32.1 Å². The third kappa shape index (κ3) is 4.72. The van der Waals surface area contributed by atoms with Gasteiger partial charge in [-0.25, -0.2) is 4.98 Å². The molecule has 2 aromatic rings. The molecule has 0 unspecified atom stereocenters. The molecule has 0 bridgehead atoms. The van der Waals surface area contributed by atoms with Gasteiger partial charge in [-0.1, -0.05) is 0 Å². The van der Waals surface area contributed by atoms with Gasteiger partial charge in [0.25, 0.3) is 5.56 Å². The van der Waals surface area contributed by atoms with Crippen molar-refractivity contribution in [3.8, 4) is 11.5 Å². The highest BCUT2D eigenvalue weighted by Crippen LogP contribution is 2.25. The summed E-state index contributed by atoms with van der Waals surface area (Å²) in [4.78, 5) is 23.3. The Kier molecular flexibility index (Phi) is 4.95. The van der Waals surface area contributed by atoms with Gasteiger partial charge >= 0.3 is 0 Å². The fourth-order valence-corrected chi connectivity index (χ4v) is 2.83. The second-order valence-electron chi connectivity index (χ2n) is 5.67. The van der Waals surface area contributed by atoms with Crippen LogP contribution in [0.4, 0.5) is 0 Å². The monoisotopic (exact) mass is 414 g/mol. The Morgan fingerprint density at radius 2 is 2.00 bits per heavy atom. The molecule has 7 heteroatoms. The van der Waals surface area contributed by atoms with Gasteiger partial charge in [-0.3, -0.25) is 9.78 Å². The van der Waals surface area contributed by atoms with E-state index in [4.69, 9.17) is 0 Å². The molecule has 2 heterocycles. The molecule has 2 aromatic heterocycles. The van der Waals surface area contributed by atoms with Gasteiger partial charge in [0.15, 0.2) is 5.82 Å². The van der Waals surface area contributed by atoms with E-state index in [2.05, 4.69) is 72.9 Å². The van der Waals surface area contributed by atoms with E-state index in [1.165, 1.54) is 6.07 Å². The summed E-state index contributed by atoms with van der Waals surface area (Å²) in [6.45, 7) is 6.71. The van der Waals surface area contributed by atoms with E-state index >= 15 is 0 Å². The summed E-state index contributed by atoms with van der Waals surface area (Å²) < 4.78 is 1.62. The maximum Gasteiger partial charge on any atom is 0.251 e. The molecule has 0 aliphatic heterocycles. The van der Waals surface area contributed by atoms with Gasteiger partial charge in [0, 0.05) is 33.3 Å². The average molecular weight is 416 g/mol. The quantitative estimate of drug-likeness (QED) is 0.807. The van der Waals surface area contributed by atoms with Crippen LogP contribution in [0.5, 0.6) is 0 Å². The Balaban J connectivity index is 2.37. The topological polar surface area (TPSA) is 70.7 Å². The van der Waals surface area contributed by atoms with Gasteiger partial charge in [0.1, 0.15) is 5.69 Å². The minimum Gasteiger partial charge on any atom is -0.306 e. The molecule has 0 atom stereocenters. The van der Waals surface area contributed by atoms with E-state index in [-0.39, 0.29) is 11.1 Å². The van der Waals surface area contributed by atoms with E-state index in [1.807, 2.05) is 6.07 Å². The van der Waals surface area contributed by atoms with Crippen LogP contribution < -0.4 is 10.9 Å². The van der Waals surface area contributed by atoms with Crippen LogP contribution in [0.1, 0.15) is 26.5 Å². The molecule has 0 saturated carbocycles. The summed E-state index contributed by atoms with van der Waals surface area (Å²) in [6.07, 6.45) is 1.67. The number of aromatic amines is 1. The van der Waals surface area contributed by atoms with E-state index in [0.717, 1.165) is 8.95 Å². The van der Waals surface area contributed by atoms with Gasteiger partial charge < -0.3 is 10.3 Å². The van der Waals surface area contributed by atoms with Gasteiger partial charge in [-0.2, -0.15) is 0 Å². The molecule has 0 spiro atoms. The average Bonchev–Trinajstić information content (AvgIpc) is 2.35. The Morgan fingerprint density at radius 3 is 2.62 bits per heavy atom. The second kappa shape index (κ2) is 6.37. The standard InChI is InChI=1S/C14H16Br2N4O/c1-14(2,3)18-7-9-5-11(21)20-13(19-9)12-10(16)4-8(15)6-17-12/h4-6,18H,7H2,1-3H3,(H,19,20,21). The summed E-state index contributed by atoms with van der Waals surface area (Å²) in [7, 11) is 0.